The van der Waals surface area contributed by atoms with E-state index in [2.05, 4.69) is 20.6 Å². The van der Waals surface area contributed by atoms with Gasteiger partial charge in [0.25, 0.3) is 0 Å². The molecule has 1 aromatic carbocycles. The number of hydrogen-bond acceptors (Lipinski definition) is 8. The summed E-state index contributed by atoms with van der Waals surface area (Å²) in [7, 11) is 1.60. The highest BCUT2D eigenvalue weighted by molar-refractivity contribution is 8.00. The normalized spacial score (nSPS) is 17.4. The van der Waals surface area contributed by atoms with Crippen molar-refractivity contribution in [1.29, 1.82) is 0 Å². The summed E-state index contributed by atoms with van der Waals surface area (Å²) < 4.78 is 10.8. The van der Waals surface area contributed by atoms with Gasteiger partial charge < -0.3 is 20.1 Å². The molecule has 2 aliphatic heterocycles. The van der Waals surface area contributed by atoms with Crippen LogP contribution in [0.3, 0.4) is 0 Å². The number of cyclic esters (lactones) is 1. The summed E-state index contributed by atoms with van der Waals surface area (Å²) in [4.78, 5) is 35.6. The van der Waals surface area contributed by atoms with Gasteiger partial charge in [-0.2, -0.15) is 0 Å². The number of nitrogens with zero attached hydrogens (tertiary/aromatic N) is 3. The van der Waals surface area contributed by atoms with Crippen LogP contribution in [0, 0.1) is 0 Å². The molecule has 1 fully saturated rings. The Morgan fingerprint density at radius 1 is 1.26 bits per heavy atom. The topological polar surface area (TPSA) is 106 Å². The maximum absolute atomic E-state index is 12.4. The van der Waals surface area contributed by atoms with E-state index >= 15 is 0 Å². The standard InChI is InChI=1S/C24H25N5O4S/c1-32-22-7-5-18-23(28-22)15(8-10-26-18)3-2-9-25-12-17-13-29(24(31)33-17)16-4-6-20-19(11-16)27-21(30)14-34-20/h4-8,10-11,17,25H,2-3,9,12-14H2,1H3,(H,27,30)/t17-/m1/s1. The number of thioether (sulfide) groups is 1. The van der Waals surface area contributed by atoms with Crippen molar-refractivity contribution in [3.63, 3.8) is 0 Å². The Balaban J connectivity index is 1.12. The first-order valence-corrected chi connectivity index (χ1v) is 12.1. The third kappa shape index (κ3) is 4.78. The number of carbonyl (C=O) groups is 2. The quantitative estimate of drug-likeness (QED) is 0.475. The van der Waals surface area contributed by atoms with Gasteiger partial charge in [-0.1, -0.05) is 0 Å². The lowest BCUT2D eigenvalue weighted by Crippen LogP contribution is -2.31. The van der Waals surface area contributed by atoms with Crippen LogP contribution in [0.5, 0.6) is 5.88 Å². The van der Waals surface area contributed by atoms with E-state index in [1.165, 1.54) is 11.8 Å². The number of methoxy groups -OCH3 is 1. The minimum atomic E-state index is -0.371. The molecule has 0 bridgehead atoms. The first-order valence-electron chi connectivity index (χ1n) is 11.1. The molecule has 10 heteroatoms. The van der Waals surface area contributed by atoms with Gasteiger partial charge in [-0.3, -0.25) is 14.7 Å². The number of nitrogens with one attached hydrogen (secondary N) is 2. The lowest BCUT2D eigenvalue weighted by molar-refractivity contribution is -0.113. The zero-order valence-corrected chi connectivity index (χ0v) is 19.6. The van der Waals surface area contributed by atoms with E-state index in [0.29, 0.717) is 24.7 Å². The van der Waals surface area contributed by atoms with Crippen LogP contribution >= 0.6 is 11.8 Å². The first-order chi connectivity index (χ1) is 16.6. The van der Waals surface area contributed by atoms with Gasteiger partial charge in [-0.05, 0) is 55.3 Å². The Labute approximate surface area is 201 Å². The summed E-state index contributed by atoms with van der Waals surface area (Å²) in [6.45, 7) is 1.82. The van der Waals surface area contributed by atoms with E-state index in [9.17, 15) is 9.59 Å². The van der Waals surface area contributed by atoms with E-state index < -0.39 is 0 Å². The molecule has 34 heavy (non-hydrogen) atoms. The van der Waals surface area contributed by atoms with Crippen molar-refractivity contribution >= 4 is 46.2 Å². The van der Waals surface area contributed by atoms with Crippen molar-refractivity contribution in [3.05, 3.63) is 48.2 Å². The molecule has 3 aromatic rings. The molecule has 2 aromatic heterocycles. The Hall–Kier alpha value is -3.37. The largest absolute Gasteiger partial charge is 0.481 e. The summed E-state index contributed by atoms with van der Waals surface area (Å²) >= 11 is 1.50. The molecule has 0 spiro atoms. The number of rotatable bonds is 8. The maximum atomic E-state index is 12.4. The number of anilines is 2. The van der Waals surface area contributed by atoms with E-state index in [4.69, 9.17) is 9.47 Å². The molecule has 9 nitrogen and oxygen atoms in total. The predicted octanol–water partition coefficient (Wildman–Crippen LogP) is 3.23. The Bertz CT molecular complexity index is 1240. The van der Waals surface area contributed by atoms with Crippen molar-refractivity contribution < 1.29 is 19.1 Å². The number of fused-ring (bicyclic) bond motifs is 2. The van der Waals surface area contributed by atoms with Crippen LogP contribution < -0.4 is 20.3 Å². The van der Waals surface area contributed by atoms with Gasteiger partial charge in [-0.15, -0.1) is 11.8 Å². The average Bonchev–Trinajstić information content (AvgIpc) is 3.23. The fourth-order valence-corrected chi connectivity index (χ4v) is 4.91. The highest BCUT2D eigenvalue weighted by atomic mass is 32.2. The van der Waals surface area contributed by atoms with E-state index in [1.54, 1.807) is 18.2 Å². The van der Waals surface area contributed by atoms with Gasteiger partial charge >= 0.3 is 6.09 Å². The third-order valence-electron chi connectivity index (χ3n) is 5.80. The summed E-state index contributed by atoms with van der Waals surface area (Å²) in [5.41, 5.74) is 4.30. The number of benzene rings is 1. The highest BCUT2D eigenvalue weighted by Gasteiger charge is 2.32. The van der Waals surface area contributed by atoms with E-state index in [-0.39, 0.29) is 18.1 Å². The van der Waals surface area contributed by atoms with Crippen LogP contribution in [-0.4, -0.2) is 60.6 Å². The molecule has 0 saturated carbocycles. The highest BCUT2D eigenvalue weighted by Crippen LogP contribution is 2.35. The molecule has 2 aliphatic rings. The van der Waals surface area contributed by atoms with Crippen molar-refractivity contribution in [3.8, 4) is 5.88 Å². The second-order valence-electron chi connectivity index (χ2n) is 8.13. The van der Waals surface area contributed by atoms with Gasteiger partial charge in [0.1, 0.15) is 6.10 Å². The molecule has 2 amide bonds. The third-order valence-corrected chi connectivity index (χ3v) is 6.88. The van der Waals surface area contributed by atoms with Crippen molar-refractivity contribution in [1.82, 2.24) is 15.3 Å². The predicted molar refractivity (Wildman–Crippen MR) is 131 cm³/mol. The van der Waals surface area contributed by atoms with Crippen LogP contribution in [0.25, 0.3) is 11.0 Å². The van der Waals surface area contributed by atoms with Gasteiger partial charge in [0, 0.05) is 29.4 Å². The van der Waals surface area contributed by atoms with Crippen LogP contribution in [0.1, 0.15) is 12.0 Å². The second-order valence-corrected chi connectivity index (χ2v) is 9.15. The van der Waals surface area contributed by atoms with Gasteiger partial charge in [0.05, 0.1) is 36.1 Å². The van der Waals surface area contributed by atoms with Crippen LogP contribution in [0.2, 0.25) is 0 Å². The summed E-state index contributed by atoms with van der Waals surface area (Å²) in [6, 6.07) is 11.4. The maximum Gasteiger partial charge on any atom is 0.414 e. The zero-order valence-electron chi connectivity index (χ0n) is 18.7. The number of amides is 2. The number of aromatic nitrogens is 2. The second kappa shape index (κ2) is 9.86. The minimum absolute atomic E-state index is 0.0320. The zero-order chi connectivity index (χ0) is 23.5. The van der Waals surface area contributed by atoms with Crippen LogP contribution in [0.4, 0.5) is 16.2 Å². The van der Waals surface area contributed by atoms with Crippen LogP contribution in [0.15, 0.2) is 47.5 Å². The average molecular weight is 480 g/mol. The SMILES string of the molecule is COc1ccc2nccc(CCCNC[C@@H]3CN(c4ccc5c(c4)NC(=O)CS5)C(=O)O3)c2n1. The smallest absolute Gasteiger partial charge is 0.414 e. The van der Waals surface area contributed by atoms with Crippen LogP contribution in [-0.2, 0) is 16.0 Å². The molecule has 1 saturated heterocycles. The molecule has 5 rings (SSSR count). The number of hydrogen-bond donors (Lipinski definition) is 2. The first kappa shape index (κ1) is 22.4. The Morgan fingerprint density at radius 2 is 2.18 bits per heavy atom. The Morgan fingerprint density at radius 3 is 3.06 bits per heavy atom. The number of pyridine rings is 2. The Kier molecular flexibility index (Phi) is 6.50. The monoisotopic (exact) mass is 479 g/mol. The van der Waals surface area contributed by atoms with Gasteiger partial charge in [0.15, 0.2) is 0 Å². The number of ether oxygens (including phenoxy) is 2. The molecule has 4 heterocycles. The van der Waals surface area contributed by atoms with E-state index in [1.807, 2.05) is 36.4 Å². The van der Waals surface area contributed by atoms with Gasteiger partial charge in [-0.25, -0.2) is 9.78 Å². The molecule has 2 N–H and O–H groups in total. The number of carbonyl (C=O) groups excluding carboxylic acids is 2. The fourth-order valence-electron chi connectivity index (χ4n) is 4.12. The lowest BCUT2D eigenvalue weighted by Gasteiger charge is -2.20. The molecule has 176 valence electrons. The summed E-state index contributed by atoms with van der Waals surface area (Å²) in [6.07, 6.45) is 2.95. The number of aryl methyl sites for hydroxylation is 1. The molecule has 0 radical (unpaired) electrons. The van der Waals surface area contributed by atoms with Crippen molar-refractivity contribution in [2.75, 3.05) is 42.7 Å². The fraction of sp³-hybridized carbons (Fsp3) is 0.333. The summed E-state index contributed by atoms with van der Waals surface area (Å²) in [5.74, 6) is 0.955. The summed E-state index contributed by atoms with van der Waals surface area (Å²) in [5, 5.41) is 6.25. The van der Waals surface area contributed by atoms with Crippen molar-refractivity contribution in [2.24, 2.45) is 0 Å². The molecule has 1 atom stereocenters. The minimum Gasteiger partial charge on any atom is -0.481 e. The lowest BCUT2D eigenvalue weighted by atomic mass is 10.1. The molecular formula is C24H25N5O4S. The molecular weight excluding hydrogens is 454 g/mol. The van der Waals surface area contributed by atoms with Gasteiger partial charge in [0.2, 0.25) is 11.8 Å². The molecule has 0 aliphatic carbocycles. The molecule has 0 unspecified atom stereocenters. The van der Waals surface area contributed by atoms with E-state index in [0.717, 1.165) is 52.3 Å². The van der Waals surface area contributed by atoms with Crippen molar-refractivity contribution in [2.45, 2.75) is 23.8 Å².